The van der Waals surface area contributed by atoms with E-state index in [0.717, 1.165) is 42.7 Å². The number of rotatable bonds is 7. The van der Waals surface area contributed by atoms with Crippen LogP contribution in [0.5, 0.6) is 0 Å². The fraction of sp³-hybridized carbons (Fsp3) is 0.727. The molecule has 17 heavy (non-hydrogen) atoms. The average Bonchev–Trinajstić information content (AvgIpc) is 2.72. The first-order chi connectivity index (χ1) is 8.19. The van der Waals surface area contributed by atoms with E-state index in [2.05, 4.69) is 37.8 Å². The Morgan fingerprint density at radius 3 is 2.82 bits per heavy atom. The van der Waals surface area contributed by atoms with Crippen molar-refractivity contribution >= 4 is 33.4 Å². The molecule has 0 saturated heterocycles. The fourth-order valence-corrected chi connectivity index (χ4v) is 2.89. The third-order valence-electron chi connectivity index (χ3n) is 2.62. The van der Waals surface area contributed by atoms with Crippen molar-refractivity contribution in [2.45, 2.75) is 33.1 Å². The monoisotopic (exact) mass is 319 g/mol. The van der Waals surface area contributed by atoms with Crippen molar-refractivity contribution in [3.63, 3.8) is 0 Å². The molecule has 0 bridgehead atoms. The molecule has 1 aromatic rings. The van der Waals surface area contributed by atoms with Crippen molar-refractivity contribution in [3.05, 3.63) is 10.6 Å². The van der Waals surface area contributed by atoms with Gasteiger partial charge in [-0.05, 0) is 37.2 Å². The molecule has 1 rings (SSSR count). The predicted octanol–water partition coefficient (Wildman–Crippen LogP) is 2.78. The summed E-state index contributed by atoms with van der Waals surface area (Å²) in [6.45, 7) is 4.70. The van der Waals surface area contributed by atoms with Crippen LogP contribution in [-0.2, 0) is 0 Å². The summed E-state index contributed by atoms with van der Waals surface area (Å²) in [5.41, 5.74) is 0.708. The number of hydrogen-bond donors (Lipinski definition) is 1. The maximum absolute atomic E-state index is 11.8. The Hall–Kier alpha value is -0.490. The highest BCUT2D eigenvalue weighted by Crippen LogP contribution is 2.13. The molecule has 0 aliphatic heterocycles. The highest BCUT2D eigenvalue weighted by Gasteiger charge is 2.14. The van der Waals surface area contributed by atoms with Crippen molar-refractivity contribution in [3.8, 4) is 0 Å². The third-order valence-corrected chi connectivity index (χ3v) is 3.91. The zero-order valence-electron chi connectivity index (χ0n) is 10.2. The summed E-state index contributed by atoms with van der Waals surface area (Å²) in [5, 5.41) is 7.78. The minimum Gasteiger partial charge on any atom is -0.351 e. The normalized spacial score (nSPS) is 12.4. The zero-order valence-corrected chi connectivity index (χ0v) is 12.6. The summed E-state index contributed by atoms with van der Waals surface area (Å²) < 4.78 is 3.77. The topological polar surface area (TPSA) is 54.9 Å². The van der Waals surface area contributed by atoms with E-state index in [1.807, 2.05) is 0 Å². The molecule has 1 aromatic heterocycles. The maximum Gasteiger partial charge on any atom is 0.264 e. The molecule has 1 unspecified atom stereocenters. The number of carbonyl (C=O) groups is 1. The van der Waals surface area contributed by atoms with Gasteiger partial charge in [0.2, 0.25) is 0 Å². The second-order valence-electron chi connectivity index (χ2n) is 4.03. The SMILES string of the molecule is CCCC(CCBr)CNC(=O)c1snnc1C. The van der Waals surface area contributed by atoms with Gasteiger partial charge in [-0.15, -0.1) is 5.10 Å². The van der Waals surface area contributed by atoms with E-state index < -0.39 is 0 Å². The summed E-state index contributed by atoms with van der Waals surface area (Å²) in [7, 11) is 0. The van der Waals surface area contributed by atoms with E-state index in [1.165, 1.54) is 0 Å². The standard InChI is InChI=1S/C11H18BrN3OS/c1-3-4-9(5-6-12)7-13-11(16)10-8(2)14-15-17-10/h9H,3-7H2,1-2H3,(H,13,16). The number of amides is 1. The Kier molecular flexibility index (Phi) is 6.65. The molecule has 96 valence electrons. The smallest absolute Gasteiger partial charge is 0.264 e. The van der Waals surface area contributed by atoms with Crippen LogP contribution < -0.4 is 5.32 Å². The number of hydrogen-bond acceptors (Lipinski definition) is 4. The number of carbonyl (C=O) groups excluding carboxylic acids is 1. The Labute approximate surface area is 114 Å². The van der Waals surface area contributed by atoms with Gasteiger partial charge in [0, 0.05) is 11.9 Å². The van der Waals surface area contributed by atoms with E-state index in [9.17, 15) is 4.79 Å². The van der Waals surface area contributed by atoms with Crippen molar-refractivity contribution in [1.82, 2.24) is 14.9 Å². The van der Waals surface area contributed by atoms with Gasteiger partial charge >= 0.3 is 0 Å². The molecule has 0 spiro atoms. The van der Waals surface area contributed by atoms with Crippen molar-refractivity contribution in [1.29, 1.82) is 0 Å². The molecule has 1 amide bonds. The molecule has 0 radical (unpaired) electrons. The van der Waals surface area contributed by atoms with E-state index in [0.29, 0.717) is 16.5 Å². The highest BCUT2D eigenvalue weighted by molar-refractivity contribution is 9.09. The van der Waals surface area contributed by atoms with E-state index in [1.54, 1.807) is 6.92 Å². The van der Waals surface area contributed by atoms with Gasteiger partial charge in [-0.2, -0.15) is 0 Å². The molecule has 0 aliphatic rings. The fourth-order valence-electron chi connectivity index (χ4n) is 1.67. The van der Waals surface area contributed by atoms with Crippen molar-refractivity contribution < 1.29 is 4.79 Å². The quantitative estimate of drug-likeness (QED) is 0.786. The molecular weight excluding hydrogens is 302 g/mol. The number of aryl methyl sites for hydroxylation is 1. The van der Waals surface area contributed by atoms with E-state index in [4.69, 9.17) is 0 Å². The summed E-state index contributed by atoms with van der Waals surface area (Å²) in [6.07, 6.45) is 3.38. The van der Waals surface area contributed by atoms with Crippen LogP contribution in [0.25, 0.3) is 0 Å². The number of nitrogens with zero attached hydrogens (tertiary/aromatic N) is 2. The Morgan fingerprint density at radius 2 is 2.29 bits per heavy atom. The van der Waals surface area contributed by atoms with Crippen LogP contribution in [-0.4, -0.2) is 27.4 Å². The lowest BCUT2D eigenvalue weighted by atomic mass is 10.0. The molecule has 0 saturated carbocycles. The first-order valence-corrected chi connectivity index (χ1v) is 7.71. The van der Waals surface area contributed by atoms with Crippen LogP contribution in [0.4, 0.5) is 0 Å². The Balaban J connectivity index is 2.43. The Bertz CT molecular complexity index is 350. The second-order valence-corrected chi connectivity index (χ2v) is 5.58. The van der Waals surface area contributed by atoms with Gasteiger partial charge in [0.1, 0.15) is 4.88 Å². The van der Waals surface area contributed by atoms with Gasteiger partial charge in [-0.1, -0.05) is 33.8 Å². The molecule has 6 heteroatoms. The van der Waals surface area contributed by atoms with Crippen LogP contribution in [0.1, 0.15) is 41.6 Å². The molecule has 1 N–H and O–H groups in total. The van der Waals surface area contributed by atoms with Crippen molar-refractivity contribution in [2.24, 2.45) is 5.92 Å². The predicted molar refractivity (Wildman–Crippen MR) is 73.8 cm³/mol. The number of aromatic nitrogens is 2. The maximum atomic E-state index is 11.8. The second kappa shape index (κ2) is 7.76. The largest absolute Gasteiger partial charge is 0.351 e. The van der Waals surface area contributed by atoms with Gasteiger partial charge < -0.3 is 5.32 Å². The molecule has 1 atom stereocenters. The minimum atomic E-state index is -0.0480. The number of nitrogens with one attached hydrogen (secondary N) is 1. The van der Waals surface area contributed by atoms with Crippen LogP contribution in [0, 0.1) is 12.8 Å². The molecule has 0 aliphatic carbocycles. The number of halogens is 1. The lowest BCUT2D eigenvalue weighted by Gasteiger charge is -2.15. The van der Waals surface area contributed by atoms with E-state index in [-0.39, 0.29) is 5.91 Å². The first kappa shape index (κ1) is 14.6. The minimum absolute atomic E-state index is 0.0480. The summed E-state index contributed by atoms with van der Waals surface area (Å²) in [5.74, 6) is 0.498. The number of alkyl halides is 1. The lowest BCUT2D eigenvalue weighted by molar-refractivity contribution is 0.0949. The van der Waals surface area contributed by atoms with E-state index >= 15 is 0 Å². The van der Waals surface area contributed by atoms with Gasteiger partial charge in [0.25, 0.3) is 5.91 Å². The van der Waals surface area contributed by atoms with Crippen LogP contribution in [0.3, 0.4) is 0 Å². The van der Waals surface area contributed by atoms with Gasteiger partial charge in [-0.3, -0.25) is 4.79 Å². The first-order valence-electron chi connectivity index (χ1n) is 5.82. The zero-order chi connectivity index (χ0) is 12.7. The molecule has 0 fully saturated rings. The van der Waals surface area contributed by atoms with Crippen LogP contribution in [0.15, 0.2) is 0 Å². The molecule has 1 heterocycles. The van der Waals surface area contributed by atoms with Crippen LogP contribution in [0.2, 0.25) is 0 Å². The summed E-state index contributed by atoms with van der Waals surface area (Å²) in [6, 6.07) is 0. The van der Waals surface area contributed by atoms with Crippen molar-refractivity contribution in [2.75, 3.05) is 11.9 Å². The Morgan fingerprint density at radius 1 is 1.53 bits per heavy atom. The summed E-state index contributed by atoms with van der Waals surface area (Å²) in [4.78, 5) is 12.5. The van der Waals surface area contributed by atoms with Crippen LogP contribution >= 0.6 is 27.5 Å². The molecular formula is C11H18BrN3OS. The third kappa shape index (κ3) is 4.71. The molecule has 0 aromatic carbocycles. The van der Waals surface area contributed by atoms with Gasteiger partial charge in [0.05, 0.1) is 5.69 Å². The molecule has 4 nitrogen and oxygen atoms in total. The van der Waals surface area contributed by atoms with Gasteiger partial charge in [-0.25, -0.2) is 0 Å². The van der Waals surface area contributed by atoms with Gasteiger partial charge in [0.15, 0.2) is 0 Å². The average molecular weight is 320 g/mol. The highest BCUT2D eigenvalue weighted by atomic mass is 79.9. The lowest BCUT2D eigenvalue weighted by Crippen LogP contribution is -2.29. The summed E-state index contributed by atoms with van der Waals surface area (Å²) >= 11 is 4.60.